The first-order chi connectivity index (χ1) is 9.15. The second-order valence-electron chi connectivity index (χ2n) is 4.12. The van der Waals surface area contributed by atoms with Gasteiger partial charge in [-0.25, -0.2) is 5.43 Å². The average Bonchev–Trinajstić information content (AvgIpc) is 2.38. The minimum Gasteiger partial charge on any atom is -0.267 e. The van der Waals surface area contributed by atoms with Crippen LogP contribution in [0.1, 0.15) is 21.5 Å². The summed E-state index contributed by atoms with van der Waals surface area (Å²) in [5, 5.41) is 3.96. The van der Waals surface area contributed by atoms with Crippen LogP contribution in [0.25, 0.3) is 0 Å². The third-order valence-electron chi connectivity index (χ3n) is 2.51. The van der Waals surface area contributed by atoms with Crippen molar-refractivity contribution in [3.05, 3.63) is 68.8 Å². The van der Waals surface area contributed by atoms with Gasteiger partial charge in [0.25, 0.3) is 5.91 Å². The third-order valence-corrected chi connectivity index (χ3v) is 3.18. The Morgan fingerprint density at radius 3 is 2.74 bits per heavy atom. The van der Waals surface area contributed by atoms with Crippen molar-refractivity contribution in [1.82, 2.24) is 5.43 Å². The Hall–Kier alpha value is -1.69. The molecule has 0 saturated carbocycles. The lowest BCUT2D eigenvalue weighted by molar-refractivity contribution is 0.0955. The monoisotopic (exact) mass is 364 g/mol. The zero-order valence-electron chi connectivity index (χ0n) is 10.4. The maximum Gasteiger partial charge on any atom is 0.271 e. The molecule has 0 aliphatic carbocycles. The fourth-order valence-corrected chi connectivity index (χ4v) is 2.15. The van der Waals surface area contributed by atoms with Gasteiger partial charge in [0.05, 0.1) is 6.21 Å². The van der Waals surface area contributed by atoms with Crippen molar-refractivity contribution in [2.45, 2.75) is 6.92 Å². The van der Waals surface area contributed by atoms with Crippen LogP contribution < -0.4 is 5.43 Å². The van der Waals surface area contributed by atoms with Gasteiger partial charge in [-0.1, -0.05) is 35.9 Å². The topological polar surface area (TPSA) is 41.5 Å². The molecule has 2 aromatic rings. The van der Waals surface area contributed by atoms with Crippen LogP contribution in [0.2, 0.25) is 0 Å². The van der Waals surface area contributed by atoms with E-state index in [4.69, 9.17) is 0 Å². The summed E-state index contributed by atoms with van der Waals surface area (Å²) in [6.45, 7) is 2.02. The molecule has 0 fully saturated rings. The minimum atomic E-state index is -0.206. The second-order valence-corrected chi connectivity index (χ2v) is 5.37. The molecule has 0 unspecified atom stereocenters. The molecular formula is C15H13IN2O. The van der Waals surface area contributed by atoms with Crippen LogP contribution in [-0.4, -0.2) is 12.1 Å². The van der Waals surface area contributed by atoms with E-state index in [1.807, 2.05) is 49.4 Å². The molecule has 4 heteroatoms. The van der Waals surface area contributed by atoms with E-state index in [0.717, 1.165) is 14.7 Å². The fourth-order valence-electron chi connectivity index (χ4n) is 1.61. The van der Waals surface area contributed by atoms with Crippen LogP contribution in [0, 0.1) is 10.5 Å². The molecule has 3 nitrogen and oxygen atoms in total. The van der Waals surface area contributed by atoms with Gasteiger partial charge in [-0.2, -0.15) is 5.10 Å². The summed E-state index contributed by atoms with van der Waals surface area (Å²) in [6, 6.07) is 15.3. The van der Waals surface area contributed by atoms with E-state index >= 15 is 0 Å². The van der Waals surface area contributed by atoms with Crippen molar-refractivity contribution in [3.8, 4) is 0 Å². The molecule has 0 spiro atoms. The number of aryl methyl sites for hydroxylation is 1. The number of carbonyl (C=O) groups excluding carboxylic acids is 1. The van der Waals surface area contributed by atoms with E-state index < -0.39 is 0 Å². The first-order valence-electron chi connectivity index (χ1n) is 5.81. The van der Waals surface area contributed by atoms with Crippen molar-refractivity contribution < 1.29 is 4.79 Å². The van der Waals surface area contributed by atoms with E-state index in [9.17, 15) is 4.79 Å². The number of amides is 1. The number of carbonyl (C=O) groups is 1. The number of nitrogens with one attached hydrogen (secondary N) is 1. The summed E-state index contributed by atoms with van der Waals surface area (Å²) in [5.74, 6) is -0.206. The Morgan fingerprint density at radius 2 is 2.00 bits per heavy atom. The molecule has 0 aliphatic heterocycles. The third kappa shape index (κ3) is 4.17. The highest BCUT2D eigenvalue weighted by molar-refractivity contribution is 14.1. The van der Waals surface area contributed by atoms with Crippen LogP contribution in [0.3, 0.4) is 0 Å². The molecular weight excluding hydrogens is 351 g/mol. The van der Waals surface area contributed by atoms with E-state index in [0.29, 0.717) is 5.56 Å². The highest BCUT2D eigenvalue weighted by Gasteiger charge is 2.03. The zero-order valence-corrected chi connectivity index (χ0v) is 12.6. The first kappa shape index (κ1) is 13.7. The van der Waals surface area contributed by atoms with E-state index in [2.05, 4.69) is 33.1 Å². The molecule has 0 atom stereocenters. The Bertz CT molecular complexity index is 623. The number of nitrogens with zero attached hydrogens (tertiary/aromatic N) is 1. The molecule has 0 radical (unpaired) electrons. The smallest absolute Gasteiger partial charge is 0.267 e. The number of hydrogen-bond donors (Lipinski definition) is 1. The highest BCUT2D eigenvalue weighted by Crippen LogP contribution is 2.07. The van der Waals surface area contributed by atoms with Gasteiger partial charge in [-0.3, -0.25) is 4.79 Å². The Labute approximate surface area is 125 Å². The van der Waals surface area contributed by atoms with Crippen LogP contribution in [-0.2, 0) is 0 Å². The standard InChI is InChI=1S/C15H13IN2O/c1-11-4-2-5-12(8-11)10-17-18-15(19)13-6-3-7-14(16)9-13/h2-10H,1H3,(H,18,19). The number of halogens is 1. The predicted octanol–water partition coefficient (Wildman–Crippen LogP) is 3.36. The number of hydrogen-bond acceptors (Lipinski definition) is 2. The van der Waals surface area contributed by atoms with Crippen LogP contribution >= 0.6 is 22.6 Å². The largest absolute Gasteiger partial charge is 0.271 e. The van der Waals surface area contributed by atoms with Crippen molar-refractivity contribution in [3.63, 3.8) is 0 Å². The molecule has 1 N–H and O–H groups in total. The maximum absolute atomic E-state index is 11.8. The molecule has 1 amide bonds. The molecule has 2 rings (SSSR count). The molecule has 19 heavy (non-hydrogen) atoms. The Balaban J connectivity index is 2.01. The maximum atomic E-state index is 11.8. The lowest BCUT2D eigenvalue weighted by atomic mass is 10.2. The summed E-state index contributed by atoms with van der Waals surface area (Å²) >= 11 is 2.17. The van der Waals surface area contributed by atoms with E-state index in [1.165, 1.54) is 0 Å². The van der Waals surface area contributed by atoms with Gasteiger partial charge in [-0.15, -0.1) is 0 Å². The minimum absolute atomic E-state index is 0.206. The molecule has 96 valence electrons. The van der Waals surface area contributed by atoms with Gasteiger partial charge >= 0.3 is 0 Å². The van der Waals surface area contributed by atoms with Gasteiger partial charge in [-0.05, 0) is 53.3 Å². The van der Waals surface area contributed by atoms with Crippen LogP contribution in [0.5, 0.6) is 0 Å². The summed E-state index contributed by atoms with van der Waals surface area (Å²) in [4.78, 5) is 11.8. The molecule has 0 aliphatic rings. The number of rotatable bonds is 3. The summed E-state index contributed by atoms with van der Waals surface area (Å²) in [6.07, 6.45) is 1.64. The lowest BCUT2D eigenvalue weighted by Gasteiger charge is -2.00. The van der Waals surface area contributed by atoms with Crippen LogP contribution in [0.4, 0.5) is 0 Å². The quantitative estimate of drug-likeness (QED) is 0.507. The van der Waals surface area contributed by atoms with Gasteiger partial charge in [0.1, 0.15) is 0 Å². The van der Waals surface area contributed by atoms with Crippen molar-refractivity contribution in [1.29, 1.82) is 0 Å². The second kappa shape index (κ2) is 6.47. The predicted molar refractivity (Wildman–Crippen MR) is 85.4 cm³/mol. The van der Waals surface area contributed by atoms with Crippen molar-refractivity contribution >= 4 is 34.7 Å². The number of benzene rings is 2. The van der Waals surface area contributed by atoms with Gasteiger partial charge in [0.2, 0.25) is 0 Å². The van der Waals surface area contributed by atoms with E-state index in [1.54, 1.807) is 12.3 Å². The van der Waals surface area contributed by atoms with Crippen molar-refractivity contribution in [2.75, 3.05) is 0 Å². The SMILES string of the molecule is Cc1cccc(C=NNC(=O)c2cccc(I)c2)c1. The number of hydrazone groups is 1. The average molecular weight is 364 g/mol. The lowest BCUT2D eigenvalue weighted by Crippen LogP contribution is -2.17. The zero-order chi connectivity index (χ0) is 13.7. The van der Waals surface area contributed by atoms with Gasteiger partial charge in [0, 0.05) is 9.13 Å². The van der Waals surface area contributed by atoms with Gasteiger partial charge in [0.15, 0.2) is 0 Å². The van der Waals surface area contributed by atoms with E-state index in [-0.39, 0.29) is 5.91 Å². The molecule has 0 saturated heterocycles. The van der Waals surface area contributed by atoms with Gasteiger partial charge < -0.3 is 0 Å². The highest BCUT2D eigenvalue weighted by atomic mass is 127. The van der Waals surface area contributed by atoms with Crippen LogP contribution in [0.15, 0.2) is 53.6 Å². The first-order valence-corrected chi connectivity index (χ1v) is 6.89. The molecule has 0 aromatic heterocycles. The Morgan fingerprint density at radius 1 is 1.21 bits per heavy atom. The fraction of sp³-hybridized carbons (Fsp3) is 0.0667. The normalized spacial score (nSPS) is 10.6. The molecule has 2 aromatic carbocycles. The summed E-state index contributed by atoms with van der Waals surface area (Å²) < 4.78 is 1.02. The Kier molecular flexibility index (Phi) is 4.68. The summed E-state index contributed by atoms with van der Waals surface area (Å²) in [5.41, 5.74) is 5.25. The molecule has 0 bridgehead atoms. The van der Waals surface area contributed by atoms with Crippen molar-refractivity contribution in [2.24, 2.45) is 5.10 Å². The molecule has 0 heterocycles. The summed E-state index contributed by atoms with van der Waals surface area (Å²) in [7, 11) is 0.